The molecule has 0 aliphatic rings. The van der Waals surface area contributed by atoms with Gasteiger partial charge in [0.2, 0.25) is 0 Å². The smallest absolute Gasteiger partial charge is 0.342 e. The standard InChI is InChI=1S/C20H15I3O8/c1-2-10-3-4-14(24)11(7-10)19(27)29-5-6-30-20(28)16-12(21)8-13(22)18(17(16)23)31-9-15(25)26/h2-4,7-8,24H,1,5-6,9H2,(H,25,26)/p-1. The highest BCUT2D eigenvalue weighted by molar-refractivity contribution is 14.1. The van der Waals surface area contributed by atoms with E-state index in [0.29, 0.717) is 16.3 Å². The van der Waals surface area contributed by atoms with Gasteiger partial charge in [-0.05, 0) is 91.5 Å². The molecule has 0 spiro atoms. The van der Waals surface area contributed by atoms with Gasteiger partial charge in [-0.2, -0.15) is 0 Å². The molecule has 0 bridgehead atoms. The molecule has 31 heavy (non-hydrogen) atoms. The molecule has 0 saturated carbocycles. The van der Waals surface area contributed by atoms with Crippen molar-refractivity contribution >= 4 is 91.8 Å². The van der Waals surface area contributed by atoms with Gasteiger partial charge >= 0.3 is 11.9 Å². The minimum absolute atomic E-state index is 0.0276. The van der Waals surface area contributed by atoms with Crippen LogP contribution in [0.5, 0.6) is 11.5 Å². The summed E-state index contributed by atoms with van der Waals surface area (Å²) in [4.78, 5) is 35.3. The Bertz CT molecular complexity index is 1040. The number of carbonyl (C=O) groups excluding carboxylic acids is 3. The molecule has 164 valence electrons. The van der Waals surface area contributed by atoms with Crippen molar-refractivity contribution in [1.29, 1.82) is 0 Å². The average molecular weight is 763 g/mol. The predicted octanol–water partition coefficient (Wildman–Crippen LogP) is 2.99. The lowest BCUT2D eigenvalue weighted by Gasteiger charge is -2.15. The monoisotopic (exact) mass is 763 g/mol. The summed E-state index contributed by atoms with van der Waals surface area (Å²) in [5.41, 5.74) is 0.813. The molecule has 0 aliphatic heterocycles. The number of aliphatic carboxylic acids is 1. The zero-order valence-corrected chi connectivity index (χ0v) is 22.1. The molecule has 2 aromatic rings. The number of esters is 2. The Hall–Kier alpha value is -1.62. The number of halogens is 3. The van der Waals surface area contributed by atoms with E-state index in [1.165, 1.54) is 18.2 Å². The number of aromatic hydroxyl groups is 1. The number of hydrogen-bond acceptors (Lipinski definition) is 8. The molecule has 2 aromatic carbocycles. The van der Waals surface area contributed by atoms with Gasteiger partial charge in [0.1, 0.15) is 36.9 Å². The lowest BCUT2D eigenvalue weighted by atomic mass is 10.1. The van der Waals surface area contributed by atoms with Gasteiger partial charge in [-0.1, -0.05) is 18.7 Å². The van der Waals surface area contributed by atoms with Crippen molar-refractivity contribution < 1.29 is 38.8 Å². The minimum atomic E-state index is -1.39. The van der Waals surface area contributed by atoms with Crippen molar-refractivity contribution in [2.75, 3.05) is 19.8 Å². The van der Waals surface area contributed by atoms with E-state index in [4.69, 9.17) is 14.2 Å². The highest BCUT2D eigenvalue weighted by atomic mass is 127. The number of ether oxygens (including phenoxy) is 3. The Labute approximate surface area is 218 Å². The van der Waals surface area contributed by atoms with E-state index in [1.807, 2.05) is 67.8 Å². The van der Waals surface area contributed by atoms with Gasteiger partial charge in [0.05, 0.1) is 18.7 Å². The molecular formula is C20H14I3O8-. The second-order valence-electron chi connectivity index (χ2n) is 5.77. The number of carboxylic acid groups (broad SMARTS) is 1. The molecule has 0 atom stereocenters. The Morgan fingerprint density at radius 2 is 1.68 bits per heavy atom. The number of rotatable bonds is 9. The first kappa shape index (κ1) is 25.6. The molecule has 0 fully saturated rings. The van der Waals surface area contributed by atoms with E-state index in [-0.39, 0.29) is 35.8 Å². The van der Waals surface area contributed by atoms with Crippen molar-refractivity contribution in [3.8, 4) is 11.5 Å². The zero-order valence-electron chi connectivity index (χ0n) is 15.7. The first-order valence-corrected chi connectivity index (χ1v) is 11.7. The van der Waals surface area contributed by atoms with E-state index < -0.39 is 24.5 Å². The molecule has 8 nitrogen and oxygen atoms in total. The summed E-state index contributed by atoms with van der Waals surface area (Å²) in [5, 5.41) is 20.5. The number of phenols is 1. The molecule has 0 unspecified atom stereocenters. The summed E-state index contributed by atoms with van der Waals surface area (Å²) < 4.78 is 17.1. The molecule has 0 heterocycles. The molecule has 0 radical (unpaired) electrons. The highest BCUT2D eigenvalue weighted by Crippen LogP contribution is 2.34. The van der Waals surface area contributed by atoms with E-state index in [0.717, 1.165) is 0 Å². The summed E-state index contributed by atoms with van der Waals surface area (Å²) in [6.07, 6.45) is 1.52. The second-order valence-corrected chi connectivity index (χ2v) is 9.17. The third kappa shape index (κ3) is 6.93. The molecule has 0 aliphatic carbocycles. The van der Waals surface area contributed by atoms with Gasteiger partial charge in [-0.15, -0.1) is 0 Å². The number of benzene rings is 2. The van der Waals surface area contributed by atoms with Crippen molar-refractivity contribution in [1.82, 2.24) is 0 Å². The van der Waals surface area contributed by atoms with Crippen LogP contribution in [-0.4, -0.2) is 42.8 Å². The SMILES string of the molecule is C=Cc1ccc(O)c(C(=O)OCCOC(=O)c2c(I)cc(I)c(OCC(=O)[O-])c2I)c1. The van der Waals surface area contributed by atoms with Crippen LogP contribution >= 0.6 is 67.8 Å². The number of carboxylic acids is 1. The summed E-state index contributed by atoms with van der Waals surface area (Å²) in [6, 6.07) is 6.03. The molecule has 0 saturated heterocycles. The van der Waals surface area contributed by atoms with Crippen molar-refractivity contribution in [3.05, 3.63) is 58.2 Å². The maximum absolute atomic E-state index is 12.5. The van der Waals surface area contributed by atoms with E-state index in [9.17, 15) is 24.6 Å². The molecule has 11 heteroatoms. The number of phenolic OH excluding ortho intramolecular Hbond substituents is 1. The van der Waals surface area contributed by atoms with Gasteiger partial charge in [-0.3, -0.25) is 0 Å². The van der Waals surface area contributed by atoms with Gasteiger partial charge in [0.25, 0.3) is 0 Å². The zero-order chi connectivity index (χ0) is 23.1. The van der Waals surface area contributed by atoms with Crippen LogP contribution in [0.4, 0.5) is 0 Å². The number of hydrogen-bond donors (Lipinski definition) is 1. The van der Waals surface area contributed by atoms with Crippen LogP contribution in [0.1, 0.15) is 26.3 Å². The Morgan fingerprint density at radius 3 is 2.29 bits per heavy atom. The van der Waals surface area contributed by atoms with Crippen molar-refractivity contribution in [2.45, 2.75) is 0 Å². The normalized spacial score (nSPS) is 10.3. The summed E-state index contributed by atoms with van der Waals surface area (Å²) in [6.45, 7) is 2.49. The topological polar surface area (TPSA) is 122 Å². The fourth-order valence-electron chi connectivity index (χ4n) is 2.29. The highest BCUT2D eigenvalue weighted by Gasteiger charge is 2.22. The van der Waals surface area contributed by atoms with Crippen molar-refractivity contribution in [3.63, 3.8) is 0 Å². The van der Waals surface area contributed by atoms with Gasteiger partial charge in [-0.25, -0.2) is 9.59 Å². The van der Waals surface area contributed by atoms with Crippen LogP contribution in [0, 0.1) is 10.7 Å². The van der Waals surface area contributed by atoms with Gasteiger partial charge in [0.15, 0.2) is 0 Å². The van der Waals surface area contributed by atoms with Crippen LogP contribution in [0.25, 0.3) is 6.08 Å². The summed E-state index contributed by atoms with van der Waals surface area (Å²) >= 11 is 5.80. The second kappa shape index (κ2) is 11.8. The molecule has 2 rings (SSSR count). The fourth-order valence-corrected chi connectivity index (χ4v) is 6.41. The van der Waals surface area contributed by atoms with Crippen LogP contribution in [0.2, 0.25) is 0 Å². The number of carbonyl (C=O) groups is 3. The van der Waals surface area contributed by atoms with Crippen LogP contribution < -0.4 is 9.84 Å². The Kier molecular flexibility index (Phi) is 9.80. The summed E-state index contributed by atoms with van der Waals surface area (Å²) in [7, 11) is 0. The molecule has 0 aromatic heterocycles. The van der Waals surface area contributed by atoms with Crippen LogP contribution in [0.3, 0.4) is 0 Å². The maximum atomic E-state index is 12.5. The third-order valence-electron chi connectivity index (χ3n) is 3.69. The molecule has 1 N–H and O–H groups in total. The first-order chi connectivity index (χ1) is 14.6. The van der Waals surface area contributed by atoms with E-state index >= 15 is 0 Å². The quantitative estimate of drug-likeness (QED) is 0.235. The predicted molar refractivity (Wildman–Crippen MR) is 134 cm³/mol. The first-order valence-electron chi connectivity index (χ1n) is 8.45. The fraction of sp³-hybridized carbons (Fsp3) is 0.150. The van der Waals surface area contributed by atoms with Crippen LogP contribution in [-0.2, 0) is 14.3 Å². The van der Waals surface area contributed by atoms with E-state index in [1.54, 1.807) is 12.1 Å². The largest absolute Gasteiger partial charge is 0.546 e. The Balaban J connectivity index is 2.01. The minimum Gasteiger partial charge on any atom is -0.546 e. The average Bonchev–Trinajstić information content (AvgIpc) is 2.70. The Morgan fingerprint density at radius 1 is 1.03 bits per heavy atom. The molecule has 0 amide bonds. The summed E-state index contributed by atoms with van der Waals surface area (Å²) in [5.74, 6) is -2.84. The maximum Gasteiger partial charge on any atom is 0.342 e. The molecular weight excluding hydrogens is 749 g/mol. The van der Waals surface area contributed by atoms with Gasteiger partial charge < -0.3 is 29.2 Å². The van der Waals surface area contributed by atoms with E-state index in [2.05, 4.69) is 6.58 Å². The van der Waals surface area contributed by atoms with Crippen LogP contribution in [0.15, 0.2) is 30.8 Å². The third-order valence-corrected chi connectivity index (χ3v) is 6.37. The lowest BCUT2D eigenvalue weighted by molar-refractivity contribution is -0.307. The van der Waals surface area contributed by atoms with Crippen molar-refractivity contribution in [2.24, 2.45) is 0 Å². The lowest BCUT2D eigenvalue weighted by Crippen LogP contribution is -2.29. The van der Waals surface area contributed by atoms with Gasteiger partial charge in [0, 0.05) is 3.57 Å².